The Labute approximate surface area is 91.3 Å². The summed E-state index contributed by atoms with van der Waals surface area (Å²) in [5.41, 5.74) is 5.32. The van der Waals surface area contributed by atoms with Crippen LogP contribution in [0, 0.1) is 5.41 Å². The summed E-state index contributed by atoms with van der Waals surface area (Å²) in [6.45, 7) is 3.36. The van der Waals surface area contributed by atoms with E-state index in [1.807, 2.05) is 0 Å². The van der Waals surface area contributed by atoms with Gasteiger partial charge in [0, 0.05) is 19.5 Å². The molecular formula is C11H21N3O. The number of hydrogen-bond acceptors (Lipinski definition) is 3. The van der Waals surface area contributed by atoms with Crippen LogP contribution in [0.3, 0.4) is 0 Å². The molecule has 86 valence electrons. The molecule has 2 saturated heterocycles. The lowest BCUT2D eigenvalue weighted by Gasteiger charge is -2.31. The highest BCUT2D eigenvalue weighted by Crippen LogP contribution is 2.26. The van der Waals surface area contributed by atoms with E-state index in [9.17, 15) is 0 Å². The summed E-state index contributed by atoms with van der Waals surface area (Å²) in [6.07, 6.45) is 6.43. The van der Waals surface area contributed by atoms with E-state index in [1.54, 1.807) is 0 Å². The molecule has 2 aliphatic heterocycles. The van der Waals surface area contributed by atoms with E-state index < -0.39 is 0 Å². The standard InChI is InChI=1S/C11H21N3O/c12-11(13)3-1-2-6-14-7-9-4-5-10(8-14)15-9/h9-10H,1-8H2,(H3,12,13). The van der Waals surface area contributed by atoms with Gasteiger partial charge in [-0.05, 0) is 32.2 Å². The third-order valence-corrected chi connectivity index (χ3v) is 3.29. The van der Waals surface area contributed by atoms with Gasteiger partial charge in [0.1, 0.15) is 0 Å². The van der Waals surface area contributed by atoms with Gasteiger partial charge in [-0.15, -0.1) is 0 Å². The smallest absolute Gasteiger partial charge is 0.0905 e. The summed E-state index contributed by atoms with van der Waals surface area (Å²) in [4.78, 5) is 2.51. The summed E-state index contributed by atoms with van der Waals surface area (Å²) < 4.78 is 5.78. The Balaban J connectivity index is 1.61. The summed E-state index contributed by atoms with van der Waals surface area (Å²) >= 11 is 0. The Hall–Kier alpha value is -0.610. The maximum Gasteiger partial charge on any atom is 0.0905 e. The molecule has 0 aromatic rings. The zero-order chi connectivity index (χ0) is 10.7. The maximum atomic E-state index is 7.14. The van der Waals surface area contributed by atoms with Crippen molar-refractivity contribution < 1.29 is 4.74 Å². The van der Waals surface area contributed by atoms with Crippen molar-refractivity contribution >= 4 is 5.84 Å². The predicted molar refractivity (Wildman–Crippen MR) is 60.1 cm³/mol. The van der Waals surface area contributed by atoms with E-state index in [2.05, 4.69) is 4.90 Å². The average Bonchev–Trinajstić information content (AvgIpc) is 2.53. The zero-order valence-electron chi connectivity index (χ0n) is 9.24. The van der Waals surface area contributed by atoms with Crippen LogP contribution < -0.4 is 5.73 Å². The molecule has 2 aliphatic rings. The minimum atomic E-state index is 0.317. The monoisotopic (exact) mass is 211 g/mol. The molecule has 4 nitrogen and oxygen atoms in total. The number of nitrogens with two attached hydrogens (primary N) is 1. The van der Waals surface area contributed by atoms with Gasteiger partial charge in [-0.3, -0.25) is 10.3 Å². The Morgan fingerprint density at radius 3 is 2.53 bits per heavy atom. The number of likely N-dealkylation sites (tertiary alicyclic amines) is 1. The van der Waals surface area contributed by atoms with Gasteiger partial charge in [0.05, 0.1) is 18.0 Å². The summed E-state index contributed by atoms with van der Waals surface area (Å²) in [5.74, 6) is 0.317. The highest BCUT2D eigenvalue weighted by atomic mass is 16.5. The lowest BCUT2D eigenvalue weighted by atomic mass is 10.2. The van der Waals surface area contributed by atoms with Gasteiger partial charge in [-0.25, -0.2) is 0 Å². The van der Waals surface area contributed by atoms with Gasteiger partial charge >= 0.3 is 0 Å². The van der Waals surface area contributed by atoms with Crippen LogP contribution in [-0.2, 0) is 4.74 Å². The van der Waals surface area contributed by atoms with E-state index in [1.165, 1.54) is 12.8 Å². The van der Waals surface area contributed by atoms with Crippen LogP contribution in [0.4, 0.5) is 0 Å². The van der Waals surface area contributed by atoms with Crippen molar-refractivity contribution in [3.8, 4) is 0 Å². The molecular weight excluding hydrogens is 190 g/mol. The molecule has 0 spiro atoms. The number of unbranched alkanes of at least 4 members (excludes halogenated alkanes) is 1. The number of amidine groups is 1. The van der Waals surface area contributed by atoms with Crippen molar-refractivity contribution in [2.75, 3.05) is 19.6 Å². The molecule has 15 heavy (non-hydrogen) atoms. The van der Waals surface area contributed by atoms with Gasteiger partial charge < -0.3 is 10.5 Å². The molecule has 0 aromatic heterocycles. The van der Waals surface area contributed by atoms with Crippen LogP contribution >= 0.6 is 0 Å². The van der Waals surface area contributed by atoms with Gasteiger partial charge in [-0.2, -0.15) is 0 Å². The Bertz CT molecular complexity index is 220. The molecule has 0 aromatic carbocycles. The molecule has 0 aliphatic carbocycles. The second-order valence-corrected chi connectivity index (χ2v) is 4.70. The van der Waals surface area contributed by atoms with E-state index in [0.29, 0.717) is 18.0 Å². The summed E-state index contributed by atoms with van der Waals surface area (Å²) in [5, 5.41) is 7.14. The number of ether oxygens (including phenoxy) is 1. The number of nitrogens with zero attached hydrogens (tertiary/aromatic N) is 1. The molecule has 2 unspecified atom stereocenters. The van der Waals surface area contributed by atoms with Crippen molar-refractivity contribution in [3.63, 3.8) is 0 Å². The third-order valence-electron chi connectivity index (χ3n) is 3.29. The first-order valence-corrected chi connectivity index (χ1v) is 5.95. The van der Waals surface area contributed by atoms with Gasteiger partial charge in [0.25, 0.3) is 0 Å². The van der Waals surface area contributed by atoms with Gasteiger partial charge in [0.2, 0.25) is 0 Å². The third kappa shape index (κ3) is 3.18. The predicted octanol–water partition coefficient (Wildman–Crippen LogP) is 0.956. The molecule has 3 N–H and O–H groups in total. The van der Waals surface area contributed by atoms with Crippen molar-refractivity contribution in [1.29, 1.82) is 5.41 Å². The second-order valence-electron chi connectivity index (χ2n) is 4.70. The lowest BCUT2D eigenvalue weighted by Crippen LogP contribution is -2.42. The van der Waals surface area contributed by atoms with Crippen molar-refractivity contribution in [2.45, 2.75) is 44.3 Å². The Kier molecular flexibility index (Phi) is 3.59. The second kappa shape index (κ2) is 4.94. The number of rotatable bonds is 5. The summed E-state index contributed by atoms with van der Waals surface area (Å²) in [7, 11) is 0. The quantitative estimate of drug-likeness (QED) is 0.404. The fraction of sp³-hybridized carbons (Fsp3) is 0.909. The van der Waals surface area contributed by atoms with E-state index in [0.717, 1.165) is 38.9 Å². The van der Waals surface area contributed by atoms with Crippen LogP contribution in [0.2, 0.25) is 0 Å². The Morgan fingerprint density at radius 2 is 1.93 bits per heavy atom. The maximum absolute atomic E-state index is 7.14. The molecule has 2 heterocycles. The molecule has 2 atom stereocenters. The highest BCUT2D eigenvalue weighted by molar-refractivity contribution is 5.76. The fourth-order valence-electron chi connectivity index (χ4n) is 2.53. The number of morpholine rings is 1. The molecule has 4 heteroatoms. The van der Waals surface area contributed by atoms with Crippen LogP contribution in [-0.4, -0.2) is 42.6 Å². The summed E-state index contributed by atoms with van der Waals surface area (Å²) in [6, 6.07) is 0. The molecule has 2 rings (SSSR count). The van der Waals surface area contributed by atoms with Crippen molar-refractivity contribution in [3.05, 3.63) is 0 Å². The van der Waals surface area contributed by atoms with E-state index in [4.69, 9.17) is 15.9 Å². The number of fused-ring (bicyclic) bond motifs is 2. The minimum Gasteiger partial charge on any atom is -0.388 e. The SMILES string of the molecule is N=C(N)CCCCN1CC2CCC(C1)O2. The number of nitrogens with one attached hydrogen (secondary N) is 1. The van der Waals surface area contributed by atoms with Crippen LogP contribution in [0.1, 0.15) is 32.1 Å². The first-order chi connectivity index (χ1) is 7.24. The van der Waals surface area contributed by atoms with Crippen LogP contribution in [0.5, 0.6) is 0 Å². The normalized spacial score (nSPS) is 30.7. The van der Waals surface area contributed by atoms with Crippen molar-refractivity contribution in [1.82, 2.24) is 4.90 Å². The highest BCUT2D eigenvalue weighted by Gasteiger charge is 2.32. The topological polar surface area (TPSA) is 62.3 Å². The Morgan fingerprint density at radius 1 is 1.27 bits per heavy atom. The van der Waals surface area contributed by atoms with Crippen LogP contribution in [0.15, 0.2) is 0 Å². The molecule has 0 radical (unpaired) electrons. The zero-order valence-corrected chi connectivity index (χ0v) is 9.24. The average molecular weight is 211 g/mol. The van der Waals surface area contributed by atoms with Gasteiger partial charge in [0.15, 0.2) is 0 Å². The van der Waals surface area contributed by atoms with Crippen LogP contribution in [0.25, 0.3) is 0 Å². The van der Waals surface area contributed by atoms with Gasteiger partial charge in [-0.1, -0.05) is 0 Å². The first kappa shape index (κ1) is 10.9. The molecule has 0 saturated carbocycles. The molecule has 2 bridgehead atoms. The van der Waals surface area contributed by atoms with E-state index >= 15 is 0 Å². The largest absolute Gasteiger partial charge is 0.388 e. The lowest BCUT2D eigenvalue weighted by molar-refractivity contribution is -0.0384. The fourth-order valence-corrected chi connectivity index (χ4v) is 2.53. The van der Waals surface area contributed by atoms with Crippen molar-refractivity contribution in [2.24, 2.45) is 5.73 Å². The first-order valence-electron chi connectivity index (χ1n) is 5.95. The van der Waals surface area contributed by atoms with E-state index in [-0.39, 0.29) is 0 Å². The number of hydrogen-bond donors (Lipinski definition) is 2. The minimum absolute atomic E-state index is 0.317. The molecule has 0 amide bonds. The molecule has 2 fully saturated rings.